The number of anilines is 2. The standard InChI is InChI=1S/C26H29N7O/c1-23(2,34)25-10-18(11-25)32(15-25)20-9-21(31-22(28-3)30-20)33-19-8-17(5-4-16(19)12-29-33)26(14-27)13-24(26)6-7-24/h4-5,8-9,12,18,34H,6-7,10-11,13,15H2,1-3H3,(H,28,30,31). The minimum atomic E-state index is -0.715. The lowest BCUT2D eigenvalue weighted by molar-refractivity contribution is -0.0754. The Morgan fingerprint density at radius 2 is 1.94 bits per heavy atom. The normalized spacial score (nSPS) is 30.3. The number of nitrogens with zero attached hydrogens (tertiary/aromatic N) is 6. The summed E-state index contributed by atoms with van der Waals surface area (Å²) in [6, 6.07) is 11.3. The summed E-state index contributed by atoms with van der Waals surface area (Å²) in [6.45, 7) is 4.63. The van der Waals surface area contributed by atoms with Crippen LogP contribution in [0.3, 0.4) is 0 Å². The number of aliphatic hydroxyl groups is 1. The molecular formula is C26H29N7O. The Morgan fingerprint density at radius 3 is 2.56 bits per heavy atom. The van der Waals surface area contributed by atoms with Gasteiger partial charge in [-0.3, -0.25) is 0 Å². The molecule has 3 aliphatic carbocycles. The van der Waals surface area contributed by atoms with Gasteiger partial charge in [0.2, 0.25) is 5.95 Å². The predicted octanol–water partition coefficient (Wildman–Crippen LogP) is 3.54. The molecule has 2 bridgehead atoms. The van der Waals surface area contributed by atoms with E-state index >= 15 is 0 Å². The molecule has 8 rings (SSSR count). The van der Waals surface area contributed by atoms with E-state index in [9.17, 15) is 10.4 Å². The minimum absolute atomic E-state index is 0.0788. The lowest BCUT2D eigenvalue weighted by Gasteiger charge is -2.45. The molecule has 2 aromatic heterocycles. The van der Waals surface area contributed by atoms with Crippen LogP contribution < -0.4 is 10.2 Å². The Hall–Kier alpha value is -3.18. The average molecular weight is 456 g/mol. The first-order chi connectivity index (χ1) is 16.2. The number of aromatic nitrogens is 4. The van der Waals surface area contributed by atoms with E-state index in [2.05, 4.69) is 39.6 Å². The molecule has 2 saturated heterocycles. The van der Waals surface area contributed by atoms with Gasteiger partial charge in [0, 0.05) is 36.5 Å². The van der Waals surface area contributed by atoms with E-state index in [0.717, 1.165) is 60.9 Å². The van der Waals surface area contributed by atoms with Crippen LogP contribution in [0.25, 0.3) is 16.7 Å². The van der Waals surface area contributed by atoms with E-state index in [1.807, 2.05) is 37.8 Å². The van der Waals surface area contributed by atoms with E-state index in [1.165, 1.54) is 0 Å². The molecular weight excluding hydrogens is 426 g/mol. The number of rotatable bonds is 5. The summed E-state index contributed by atoms with van der Waals surface area (Å²) >= 11 is 0. The highest BCUT2D eigenvalue weighted by molar-refractivity contribution is 5.82. The Balaban J connectivity index is 1.30. The van der Waals surface area contributed by atoms with E-state index in [1.54, 1.807) is 0 Å². The zero-order chi connectivity index (χ0) is 23.5. The van der Waals surface area contributed by atoms with Crippen molar-refractivity contribution in [3.05, 3.63) is 36.0 Å². The molecule has 3 saturated carbocycles. The number of fused-ring (bicyclic) bond motifs is 2. The monoisotopic (exact) mass is 455 g/mol. The van der Waals surface area contributed by atoms with Crippen molar-refractivity contribution in [2.24, 2.45) is 10.8 Å². The van der Waals surface area contributed by atoms with E-state index in [0.29, 0.717) is 17.8 Å². The van der Waals surface area contributed by atoms with Crippen molar-refractivity contribution in [3.63, 3.8) is 0 Å². The van der Waals surface area contributed by atoms with Crippen LogP contribution in [0.4, 0.5) is 11.8 Å². The van der Waals surface area contributed by atoms with E-state index in [4.69, 9.17) is 9.97 Å². The molecule has 0 amide bonds. The smallest absolute Gasteiger partial charge is 0.226 e. The molecule has 4 heterocycles. The fourth-order valence-electron chi connectivity index (χ4n) is 6.71. The summed E-state index contributed by atoms with van der Waals surface area (Å²) in [5.74, 6) is 2.10. The summed E-state index contributed by atoms with van der Waals surface area (Å²) in [4.78, 5) is 11.8. The van der Waals surface area contributed by atoms with Gasteiger partial charge < -0.3 is 15.3 Å². The second-order valence-corrected chi connectivity index (χ2v) is 11.5. The van der Waals surface area contributed by atoms with Gasteiger partial charge in [0.15, 0.2) is 5.82 Å². The summed E-state index contributed by atoms with van der Waals surface area (Å²) < 4.78 is 1.87. The van der Waals surface area contributed by atoms with Gasteiger partial charge in [-0.05, 0) is 63.0 Å². The van der Waals surface area contributed by atoms with Gasteiger partial charge in [-0.1, -0.05) is 12.1 Å². The Labute approximate surface area is 198 Å². The largest absolute Gasteiger partial charge is 0.390 e. The average Bonchev–Trinajstić information content (AvgIpc) is 3.49. The molecule has 8 heteroatoms. The molecule has 1 atom stereocenters. The van der Waals surface area contributed by atoms with E-state index in [-0.39, 0.29) is 16.2 Å². The summed E-state index contributed by atoms with van der Waals surface area (Å²) in [6.07, 6.45) is 7.10. The Kier molecular flexibility index (Phi) is 3.62. The van der Waals surface area contributed by atoms with Crippen LogP contribution in [0.1, 0.15) is 51.5 Å². The molecule has 8 nitrogen and oxygen atoms in total. The molecule has 1 unspecified atom stereocenters. The fourth-order valence-corrected chi connectivity index (χ4v) is 6.71. The molecule has 34 heavy (non-hydrogen) atoms. The van der Waals surface area contributed by atoms with Crippen molar-refractivity contribution in [3.8, 4) is 11.9 Å². The minimum Gasteiger partial charge on any atom is -0.390 e. The maximum Gasteiger partial charge on any atom is 0.226 e. The Bertz CT molecular complexity index is 1390. The van der Waals surface area contributed by atoms with Crippen molar-refractivity contribution in [2.45, 2.75) is 63.0 Å². The Morgan fingerprint density at radius 1 is 1.18 bits per heavy atom. The van der Waals surface area contributed by atoms with Gasteiger partial charge in [0.05, 0.1) is 28.8 Å². The van der Waals surface area contributed by atoms with Crippen molar-refractivity contribution in [1.29, 1.82) is 5.26 Å². The van der Waals surface area contributed by atoms with E-state index < -0.39 is 5.60 Å². The molecule has 0 radical (unpaired) electrons. The molecule has 2 aliphatic heterocycles. The first-order valence-corrected chi connectivity index (χ1v) is 12.2. The molecule has 1 aromatic carbocycles. The van der Waals surface area contributed by atoms with Crippen LogP contribution in [0.2, 0.25) is 0 Å². The molecule has 3 aromatic rings. The summed E-state index contributed by atoms with van der Waals surface area (Å²) in [7, 11) is 1.82. The molecule has 2 N–H and O–H groups in total. The van der Waals surface area contributed by atoms with Crippen molar-refractivity contribution >= 4 is 22.7 Å². The SMILES string of the molecule is CNc1nc(N2CC3(C(C)(C)O)CC2C3)cc(-n2ncc3ccc(C4(C#N)CC45CC5)cc32)n1. The van der Waals surface area contributed by atoms with Crippen molar-refractivity contribution in [1.82, 2.24) is 19.7 Å². The van der Waals surface area contributed by atoms with Crippen LogP contribution in [-0.4, -0.2) is 50.1 Å². The quantitative estimate of drug-likeness (QED) is 0.606. The maximum absolute atomic E-state index is 10.8. The van der Waals surface area contributed by atoms with Crippen LogP contribution in [0.5, 0.6) is 0 Å². The first-order valence-electron chi connectivity index (χ1n) is 12.2. The molecule has 5 aliphatic rings. The predicted molar refractivity (Wildman–Crippen MR) is 129 cm³/mol. The highest BCUT2D eigenvalue weighted by Crippen LogP contribution is 2.78. The summed E-state index contributed by atoms with van der Waals surface area (Å²) in [5.41, 5.74) is 1.13. The topological polar surface area (TPSA) is 103 Å². The number of hydrogen-bond acceptors (Lipinski definition) is 7. The second kappa shape index (κ2) is 6.08. The van der Waals surface area contributed by atoms with Crippen molar-refractivity contribution in [2.75, 3.05) is 23.8 Å². The van der Waals surface area contributed by atoms with Crippen LogP contribution in [-0.2, 0) is 5.41 Å². The summed E-state index contributed by atoms with van der Waals surface area (Å²) in [5, 5.41) is 29.6. The van der Waals surface area contributed by atoms with Gasteiger partial charge in [0.25, 0.3) is 0 Å². The van der Waals surface area contributed by atoms with Gasteiger partial charge in [0.1, 0.15) is 5.82 Å². The molecule has 5 fully saturated rings. The highest BCUT2D eigenvalue weighted by Gasteiger charge is 2.75. The lowest BCUT2D eigenvalue weighted by Crippen LogP contribution is -2.50. The fraction of sp³-hybridized carbons (Fsp3) is 0.538. The van der Waals surface area contributed by atoms with Gasteiger partial charge >= 0.3 is 0 Å². The first kappa shape index (κ1) is 20.2. The van der Waals surface area contributed by atoms with Gasteiger partial charge in [-0.15, -0.1) is 0 Å². The van der Waals surface area contributed by atoms with Gasteiger partial charge in [-0.25, -0.2) is 4.68 Å². The number of nitrogens with one attached hydrogen (secondary N) is 1. The van der Waals surface area contributed by atoms with Crippen LogP contribution in [0.15, 0.2) is 30.5 Å². The third kappa shape index (κ3) is 2.43. The lowest BCUT2D eigenvalue weighted by atomic mass is 9.61. The van der Waals surface area contributed by atoms with Crippen molar-refractivity contribution < 1.29 is 5.11 Å². The molecule has 174 valence electrons. The molecule has 1 spiro atoms. The third-order valence-corrected chi connectivity index (χ3v) is 9.39. The maximum atomic E-state index is 10.8. The van der Waals surface area contributed by atoms with Crippen LogP contribution in [0, 0.1) is 22.2 Å². The highest BCUT2D eigenvalue weighted by atomic mass is 16.3. The number of nitriles is 1. The van der Waals surface area contributed by atoms with Gasteiger partial charge in [-0.2, -0.15) is 20.3 Å². The number of hydrogen-bond donors (Lipinski definition) is 2. The van der Waals surface area contributed by atoms with Crippen LogP contribution >= 0.6 is 0 Å². The third-order valence-electron chi connectivity index (χ3n) is 9.39. The second-order valence-electron chi connectivity index (χ2n) is 11.5. The zero-order valence-electron chi connectivity index (χ0n) is 19.8. The number of benzene rings is 1. The zero-order valence-corrected chi connectivity index (χ0v) is 19.8.